The van der Waals surface area contributed by atoms with Crippen LogP contribution in [-0.2, 0) is 9.84 Å². The first-order valence-electron chi connectivity index (χ1n) is 6.09. The van der Waals surface area contributed by atoms with Crippen LogP contribution in [0, 0.1) is 0 Å². The molecule has 1 aliphatic heterocycles. The van der Waals surface area contributed by atoms with Crippen LogP contribution in [0.4, 0.5) is 0 Å². The van der Waals surface area contributed by atoms with Crippen LogP contribution in [0.1, 0.15) is 25.7 Å². The van der Waals surface area contributed by atoms with Crippen LogP contribution >= 0.6 is 0 Å². The van der Waals surface area contributed by atoms with Crippen molar-refractivity contribution in [2.24, 2.45) is 0 Å². The second-order valence-electron chi connectivity index (χ2n) is 4.71. The first-order valence-corrected chi connectivity index (χ1v) is 8.15. The zero-order chi connectivity index (χ0) is 12.0. The van der Waals surface area contributed by atoms with Crippen molar-refractivity contribution in [2.75, 3.05) is 38.7 Å². The van der Waals surface area contributed by atoms with Crippen molar-refractivity contribution in [1.82, 2.24) is 10.2 Å². The van der Waals surface area contributed by atoms with E-state index in [0.29, 0.717) is 18.3 Å². The molecular formula is C11H24N2O2S. The number of nitrogens with zero attached hydrogens (tertiary/aromatic N) is 1. The summed E-state index contributed by atoms with van der Waals surface area (Å²) in [5.41, 5.74) is 0. The molecule has 0 aromatic carbocycles. The fraction of sp³-hybridized carbons (Fsp3) is 1.00. The molecule has 4 nitrogen and oxygen atoms in total. The zero-order valence-electron chi connectivity index (χ0n) is 10.4. The van der Waals surface area contributed by atoms with Gasteiger partial charge >= 0.3 is 0 Å². The molecule has 1 unspecified atom stereocenters. The van der Waals surface area contributed by atoms with Crippen LogP contribution in [0.3, 0.4) is 0 Å². The summed E-state index contributed by atoms with van der Waals surface area (Å²) in [6.07, 6.45) is 6.15. The van der Waals surface area contributed by atoms with Gasteiger partial charge in [-0.05, 0) is 39.4 Å². The van der Waals surface area contributed by atoms with E-state index in [9.17, 15) is 8.42 Å². The Morgan fingerprint density at radius 1 is 1.38 bits per heavy atom. The number of likely N-dealkylation sites (tertiary alicyclic amines) is 1. The molecule has 0 spiro atoms. The van der Waals surface area contributed by atoms with Crippen molar-refractivity contribution in [2.45, 2.75) is 31.7 Å². The summed E-state index contributed by atoms with van der Waals surface area (Å²) in [4.78, 5) is 2.35. The van der Waals surface area contributed by atoms with Crippen molar-refractivity contribution in [3.05, 3.63) is 0 Å². The maximum Gasteiger partial charge on any atom is 0.148 e. The second kappa shape index (κ2) is 6.57. The molecule has 16 heavy (non-hydrogen) atoms. The molecular weight excluding hydrogens is 224 g/mol. The number of hydrogen-bond acceptors (Lipinski definition) is 4. The van der Waals surface area contributed by atoms with Gasteiger partial charge in [-0.15, -0.1) is 0 Å². The van der Waals surface area contributed by atoms with Gasteiger partial charge in [0.25, 0.3) is 0 Å². The Morgan fingerprint density at radius 2 is 2.12 bits per heavy atom. The summed E-state index contributed by atoms with van der Waals surface area (Å²) < 4.78 is 22.3. The number of sulfone groups is 1. The average Bonchev–Trinajstić information content (AvgIpc) is 2.23. The van der Waals surface area contributed by atoms with Crippen LogP contribution in [0.25, 0.3) is 0 Å². The summed E-state index contributed by atoms with van der Waals surface area (Å²) in [6.45, 7) is 2.77. The van der Waals surface area contributed by atoms with E-state index in [1.165, 1.54) is 25.5 Å². The van der Waals surface area contributed by atoms with Gasteiger partial charge in [0, 0.05) is 18.8 Å². The predicted molar refractivity (Wildman–Crippen MR) is 67.5 cm³/mol. The van der Waals surface area contributed by atoms with Gasteiger partial charge in [0.05, 0.1) is 5.75 Å². The smallest absolute Gasteiger partial charge is 0.148 e. The SMILES string of the molecule is CNCCC1CCCCN1CCS(C)(=O)=O. The lowest BCUT2D eigenvalue weighted by molar-refractivity contribution is 0.149. The van der Waals surface area contributed by atoms with Crippen LogP contribution in [0.15, 0.2) is 0 Å². The molecule has 1 N–H and O–H groups in total. The lowest BCUT2D eigenvalue weighted by Gasteiger charge is -2.35. The third-order valence-corrected chi connectivity index (χ3v) is 4.15. The highest BCUT2D eigenvalue weighted by Gasteiger charge is 2.22. The topological polar surface area (TPSA) is 49.4 Å². The molecule has 1 rings (SSSR count). The Labute approximate surface area is 99.3 Å². The zero-order valence-corrected chi connectivity index (χ0v) is 11.2. The summed E-state index contributed by atoms with van der Waals surface area (Å²) >= 11 is 0. The maximum atomic E-state index is 11.2. The Kier molecular flexibility index (Phi) is 5.72. The minimum absolute atomic E-state index is 0.295. The van der Waals surface area contributed by atoms with Gasteiger partial charge in [0.15, 0.2) is 0 Å². The Balaban J connectivity index is 2.40. The molecule has 0 amide bonds. The minimum Gasteiger partial charge on any atom is -0.320 e. The number of hydrogen-bond donors (Lipinski definition) is 1. The molecule has 5 heteroatoms. The lowest BCUT2D eigenvalue weighted by Crippen LogP contribution is -2.43. The highest BCUT2D eigenvalue weighted by atomic mass is 32.2. The normalized spacial score (nSPS) is 23.5. The van der Waals surface area contributed by atoms with Gasteiger partial charge in [-0.2, -0.15) is 0 Å². The van der Waals surface area contributed by atoms with E-state index in [2.05, 4.69) is 10.2 Å². The summed E-state index contributed by atoms with van der Waals surface area (Å²) in [6, 6.07) is 0.572. The Bertz CT molecular complexity index is 290. The molecule has 1 atom stereocenters. The van der Waals surface area contributed by atoms with Crippen LogP contribution in [-0.4, -0.2) is 58.1 Å². The second-order valence-corrected chi connectivity index (χ2v) is 6.97. The van der Waals surface area contributed by atoms with E-state index in [1.807, 2.05) is 7.05 Å². The monoisotopic (exact) mass is 248 g/mol. The highest BCUT2D eigenvalue weighted by molar-refractivity contribution is 7.90. The molecule has 0 aliphatic carbocycles. The number of piperidine rings is 1. The standard InChI is InChI=1S/C11H24N2O2S/c1-12-7-6-11-5-3-4-8-13(11)9-10-16(2,14)15/h11-12H,3-10H2,1-2H3. The average molecular weight is 248 g/mol. The number of nitrogens with one attached hydrogen (secondary N) is 1. The molecule has 1 heterocycles. The molecule has 1 saturated heterocycles. The summed E-state index contributed by atoms with van der Waals surface area (Å²) in [7, 11) is -0.863. The quantitative estimate of drug-likeness (QED) is 0.743. The van der Waals surface area contributed by atoms with Crippen molar-refractivity contribution in [3.63, 3.8) is 0 Å². The first kappa shape index (κ1) is 13.9. The fourth-order valence-corrected chi connectivity index (χ4v) is 2.84. The third kappa shape index (κ3) is 5.27. The first-order chi connectivity index (χ1) is 7.53. The molecule has 0 radical (unpaired) electrons. The highest BCUT2D eigenvalue weighted by Crippen LogP contribution is 2.19. The van der Waals surface area contributed by atoms with Gasteiger partial charge in [0.1, 0.15) is 9.84 Å². The summed E-state index contributed by atoms with van der Waals surface area (Å²) in [5, 5.41) is 3.16. The molecule has 0 saturated carbocycles. The van der Waals surface area contributed by atoms with Crippen LogP contribution < -0.4 is 5.32 Å². The van der Waals surface area contributed by atoms with E-state index >= 15 is 0 Å². The molecule has 0 aromatic rings. The van der Waals surface area contributed by atoms with Crippen molar-refractivity contribution < 1.29 is 8.42 Å². The Morgan fingerprint density at radius 3 is 2.75 bits per heavy atom. The van der Waals surface area contributed by atoms with Gasteiger partial charge in [-0.3, -0.25) is 4.90 Å². The van der Waals surface area contributed by atoms with Crippen LogP contribution in [0.2, 0.25) is 0 Å². The molecule has 96 valence electrons. The molecule has 0 aromatic heterocycles. The van der Waals surface area contributed by atoms with Gasteiger partial charge in [0.2, 0.25) is 0 Å². The van der Waals surface area contributed by atoms with Crippen molar-refractivity contribution in [1.29, 1.82) is 0 Å². The van der Waals surface area contributed by atoms with Crippen LogP contribution in [0.5, 0.6) is 0 Å². The largest absolute Gasteiger partial charge is 0.320 e. The van der Waals surface area contributed by atoms with Crippen molar-refractivity contribution >= 4 is 9.84 Å². The third-order valence-electron chi connectivity index (χ3n) is 3.23. The molecule has 1 fully saturated rings. The molecule has 1 aliphatic rings. The van der Waals surface area contributed by atoms with E-state index in [0.717, 1.165) is 19.5 Å². The molecule has 0 bridgehead atoms. The van der Waals surface area contributed by atoms with Gasteiger partial charge in [-0.1, -0.05) is 6.42 Å². The number of rotatable bonds is 6. The van der Waals surface area contributed by atoms with E-state index in [1.54, 1.807) is 0 Å². The summed E-state index contributed by atoms with van der Waals surface area (Å²) in [5.74, 6) is 0.295. The van der Waals surface area contributed by atoms with E-state index in [-0.39, 0.29) is 0 Å². The minimum atomic E-state index is -2.82. The predicted octanol–water partition coefficient (Wildman–Crippen LogP) is 0.495. The Hall–Kier alpha value is -0.130. The van der Waals surface area contributed by atoms with Gasteiger partial charge < -0.3 is 5.32 Å². The van der Waals surface area contributed by atoms with E-state index < -0.39 is 9.84 Å². The lowest BCUT2D eigenvalue weighted by atomic mass is 9.99. The maximum absolute atomic E-state index is 11.2. The van der Waals surface area contributed by atoms with Crippen molar-refractivity contribution in [3.8, 4) is 0 Å². The van der Waals surface area contributed by atoms with Gasteiger partial charge in [-0.25, -0.2) is 8.42 Å². The van der Waals surface area contributed by atoms with E-state index in [4.69, 9.17) is 0 Å². The fourth-order valence-electron chi connectivity index (χ4n) is 2.28.